The van der Waals surface area contributed by atoms with Crippen molar-refractivity contribution in [2.24, 2.45) is 17.6 Å². The van der Waals surface area contributed by atoms with Crippen molar-refractivity contribution in [2.75, 3.05) is 19.6 Å². The van der Waals surface area contributed by atoms with Gasteiger partial charge in [-0.1, -0.05) is 31.5 Å². The molecule has 2 rings (SSSR count). The molecule has 1 aromatic rings. The van der Waals surface area contributed by atoms with E-state index in [0.29, 0.717) is 12.6 Å². The van der Waals surface area contributed by atoms with Gasteiger partial charge in [-0.15, -0.1) is 0 Å². The summed E-state index contributed by atoms with van der Waals surface area (Å²) in [6.07, 6.45) is 1.26. The lowest BCUT2D eigenvalue weighted by Gasteiger charge is -2.40. The van der Waals surface area contributed by atoms with Crippen molar-refractivity contribution in [1.29, 1.82) is 0 Å². The van der Waals surface area contributed by atoms with Gasteiger partial charge in [0.05, 0.1) is 5.02 Å². The fourth-order valence-electron chi connectivity index (χ4n) is 2.79. The Morgan fingerprint density at radius 2 is 2.16 bits per heavy atom. The van der Waals surface area contributed by atoms with Crippen LogP contribution in [-0.4, -0.2) is 24.5 Å². The molecule has 1 heterocycles. The molecule has 1 fully saturated rings. The minimum absolute atomic E-state index is 0.295. The SMILES string of the molecule is CC1CCN(C(CN)c2ccc(Cl)c(Br)c2)CC1C. The molecule has 1 aliphatic heterocycles. The Morgan fingerprint density at radius 1 is 1.42 bits per heavy atom. The smallest absolute Gasteiger partial charge is 0.0548 e. The highest BCUT2D eigenvalue weighted by molar-refractivity contribution is 9.10. The Morgan fingerprint density at radius 3 is 2.74 bits per heavy atom. The Kier molecular flexibility index (Phi) is 5.29. The predicted molar refractivity (Wildman–Crippen MR) is 85.5 cm³/mol. The van der Waals surface area contributed by atoms with Gasteiger partial charge in [0.15, 0.2) is 0 Å². The van der Waals surface area contributed by atoms with Gasteiger partial charge >= 0.3 is 0 Å². The van der Waals surface area contributed by atoms with E-state index in [4.69, 9.17) is 17.3 Å². The average molecular weight is 346 g/mol. The van der Waals surface area contributed by atoms with Crippen molar-refractivity contribution in [1.82, 2.24) is 4.90 Å². The van der Waals surface area contributed by atoms with Crippen LogP contribution in [0.25, 0.3) is 0 Å². The molecule has 3 unspecified atom stereocenters. The molecule has 1 saturated heterocycles. The minimum Gasteiger partial charge on any atom is -0.329 e. The van der Waals surface area contributed by atoms with Crippen LogP contribution in [0.4, 0.5) is 0 Å². The van der Waals surface area contributed by atoms with Gasteiger partial charge in [0.1, 0.15) is 0 Å². The van der Waals surface area contributed by atoms with Crippen molar-refractivity contribution in [3.05, 3.63) is 33.3 Å². The van der Waals surface area contributed by atoms with E-state index in [-0.39, 0.29) is 0 Å². The van der Waals surface area contributed by atoms with Crippen molar-refractivity contribution < 1.29 is 0 Å². The van der Waals surface area contributed by atoms with Crippen molar-refractivity contribution >= 4 is 27.5 Å². The molecule has 0 amide bonds. The van der Waals surface area contributed by atoms with E-state index in [1.165, 1.54) is 12.0 Å². The van der Waals surface area contributed by atoms with Gasteiger partial charge in [0.25, 0.3) is 0 Å². The van der Waals surface area contributed by atoms with Gasteiger partial charge in [-0.25, -0.2) is 0 Å². The van der Waals surface area contributed by atoms with E-state index in [2.05, 4.69) is 46.8 Å². The molecule has 2 nitrogen and oxygen atoms in total. The van der Waals surface area contributed by atoms with Crippen LogP contribution in [0.1, 0.15) is 31.9 Å². The molecule has 3 atom stereocenters. The fraction of sp³-hybridized carbons (Fsp3) is 0.600. The molecular formula is C15H22BrClN2. The zero-order chi connectivity index (χ0) is 14.0. The highest BCUT2D eigenvalue weighted by Crippen LogP contribution is 2.32. The summed E-state index contributed by atoms with van der Waals surface area (Å²) in [6, 6.07) is 6.43. The summed E-state index contributed by atoms with van der Waals surface area (Å²) in [7, 11) is 0. The van der Waals surface area contributed by atoms with Gasteiger partial charge in [-0.05, 0) is 58.4 Å². The third-order valence-electron chi connectivity index (χ3n) is 4.36. The molecule has 0 saturated carbocycles. The maximum absolute atomic E-state index is 6.06. The first kappa shape index (κ1) is 15.3. The van der Waals surface area contributed by atoms with E-state index in [1.54, 1.807) is 0 Å². The maximum atomic E-state index is 6.06. The number of nitrogens with two attached hydrogens (primary N) is 1. The number of likely N-dealkylation sites (tertiary alicyclic amines) is 1. The van der Waals surface area contributed by atoms with Crippen molar-refractivity contribution in [2.45, 2.75) is 26.3 Å². The van der Waals surface area contributed by atoms with Gasteiger partial charge < -0.3 is 5.73 Å². The van der Waals surface area contributed by atoms with Crippen LogP contribution < -0.4 is 5.73 Å². The molecular weight excluding hydrogens is 324 g/mol. The summed E-state index contributed by atoms with van der Waals surface area (Å²) < 4.78 is 0.948. The number of halogens is 2. The number of nitrogens with zero attached hydrogens (tertiary/aromatic N) is 1. The maximum Gasteiger partial charge on any atom is 0.0548 e. The second kappa shape index (κ2) is 6.57. The number of hydrogen-bond donors (Lipinski definition) is 1. The zero-order valence-corrected chi connectivity index (χ0v) is 13.9. The first-order valence-electron chi connectivity index (χ1n) is 6.92. The first-order chi connectivity index (χ1) is 9.02. The summed E-state index contributed by atoms with van der Waals surface area (Å²) in [4.78, 5) is 2.51. The fourth-order valence-corrected chi connectivity index (χ4v) is 3.31. The van der Waals surface area contributed by atoms with Gasteiger partial charge in [0.2, 0.25) is 0 Å². The molecule has 4 heteroatoms. The molecule has 1 aromatic carbocycles. The van der Waals surface area contributed by atoms with Gasteiger partial charge in [-0.3, -0.25) is 4.90 Å². The normalized spacial score (nSPS) is 26.4. The van der Waals surface area contributed by atoms with Crippen LogP contribution >= 0.6 is 27.5 Å². The van der Waals surface area contributed by atoms with E-state index in [0.717, 1.165) is 34.4 Å². The molecule has 0 spiro atoms. The molecule has 0 bridgehead atoms. The lowest BCUT2D eigenvalue weighted by molar-refractivity contribution is 0.0983. The van der Waals surface area contributed by atoms with E-state index >= 15 is 0 Å². The Bertz CT molecular complexity index is 438. The number of rotatable bonds is 3. The van der Waals surface area contributed by atoms with Crippen molar-refractivity contribution in [3.63, 3.8) is 0 Å². The zero-order valence-electron chi connectivity index (χ0n) is 11.6. The third kappa shape index (κ3) is 3.52. The lowest BCUT2D eigenvalue weighted by atomic mass is 9.87. The van der Waals surface area contributed by atoms with Crippen LogP contribution in [-0.2, 0) is 0 Å². The third-order valence-corrected chi connectivity index (χ3v) is 5.57. The van der Waals surface area contributed by atoms with E-state index < -0.39 is 0 Å². The largest absolute Gasteiger partial charge is 0.329 e. The van der Waals surface area contributed by atoms with Gasteiger partial charge in [-0.2, -0.15) is 0 Å². The van der Waals surface area contributed by atoms with Crippen molar-refractivity contribution in [3.8, 4) is 0 Å². The highest BCUT2D eigenvalue weighted by Gasteiger charge is 2.28. The van der Waals surface area contributed by atoms with Crippen LogP contribution in [0.5, 0.6) is 0 Å². The highest BCUT2D eigenvalue weighted by atomic mass is 79.9. The van der Waals surface area contributed by atoms with E-state index in [9.17, 15) is 0 Å². The second-order valence-electron chi connectivity index (χ2n) is 5.66. The molecule has 1 aliphatic rings. The van der Waals surface area contributed by atoms with Crippen LogP contribution in [0.3, 0.4) is 0 Å². The lowest BCUT2D eigenvalue weighted by Crippen LogP contribution is -2.43. The first-order valence-corrected chi connectivity index (χ1v) is 8.09. The monoisotopic (exact) mass is 344 g/mol. The summed E-state index contributed by atoms with van der Waals surface area (Å²) in [5, 5.41) is 0.750. The quantitative estimate of drug-likeness (QED) is 0.894. The van der Waals surface area contributed by atoms with Crippen LogP contribution in [0.2, 0.25) is 5.02 Å². The predicted octanol–water partition coefficient (Wildman–Crippen LogP) is 4.08. The van der Waals surface area contributed by atoms with Gasteiger partial charge in [0, 0.05) is 23.6 Å². The van der Waals surface area contributed by atoms with E-state index in [1.807, 2.05) is 6.07 Å². The number of hydrogen-bond acceptors (Lipinski definition) is 2. The molecule has 0 aliphatic carbocycles. The Labute approximate surface area is 129 Å². The average Bonchev–Trinajstić information content (AvgIpc) is 2.39. The molecule has 2 N–H and O–H groups in total. The van der Waals surface area contributed by atoms with Crippen LogP contribution in [0, 0.1) is 11.8 Å². The summed E-state index contributed by atoms with van der Waals surface area (Å²) >= 11 is 9.56. The second-order valence-corrected chi connectivity index (χ2v) is 6.92. The topological polar surface area (TPSA) is 29.3 Å². The molecule has 106 valence electrons. The molecule has 19 heavy (non-hydrogen) atoms. The summed E-state index contributed by atoms with van der Waals surface area (Å²) in [5.41, 5.74) is 7.26. The van der Waals surface area contributed by atoms with Crippen LogP contribution in [0.15, 0.2) is 22.7 Å². The summed E-state index contributed by atoms with van der Waals surface area (Å²) in [5.74, 6) is 1.55. The minimum atomic E-state index is 0.295. The summed E-state index contributed by atoms with van der Waals surface area (Å²) in [6.45, 7) is 7.59. The Hall–Kier alpha value is -0.0900. The molecule has 0 aromatic heterocycles. The number of benzene rings is 1. The number of piperidine rings is 1. The standard InChI is InChI=1S/C15H22BrClN2/c1-10-5-6-19(9-11(10)2)15(8-18)12-3-4-14(17)13(16)7-12/h3-4,7,10-11,15H,5-6,8-9,18H2,1-2H3. The Balaban J connectivity index is 2.17. The molecule has 0 radical (unpaired) electrons.